The van der Waals surface area contributed by atoms with Crippen LogP contribution in [0.3, 0.4) is 0 Å². The van der Waals surface area contributed by atoms with Crippen LogP contribution in [0.1, 0.15) is 5.56 Å². The Bertz CT molecular complexity index is 1250. The Balaban J connectivity index is 1.39. The highest BCUT2D eigenvalue weighted by molar-refractivity contribution is 5.80. The molecule has 2 aliphatic heterocycles. The maximum absolute atomic E-state index is 5.82. The molecule has 2 aromatic heterocycles. The van der Waals surface area contributed by atoms with Gasteiger partial charge in [0.2, 0.25) is 0 Å². The number of fused-ring (bicyclic) bond motifs is 2. The summed E-state index contributed by atoms with van der Waals surface area (Å²) in [6, 6.07) is 18.5. The average molecular weight is 428 g/mol. The van der Waals surface area contributed by atoms with Crippen molar-refractivity contribution < 1.29 is 14.2 Å². The van der Waals surface area contributed by atoms with Crippen molar-refractivity contribution in [2.45, 2.75) is 6.54 Å². The highest BCUT2D eigenvalue weighted by Gasteiger charge is 2.19. The normalized spacial score (nSPS) is 16.4. The second kappa shape index (κ2) is 8.26. The van der Waals surface area contributed by atoms with Crippen LogP contribution in [0.25, 0.3) is 28.2 Å². The molecule has 0 N–H and O–H groups in total. The van der Waals surface area contributed by atoms with Crippen molar-refractivity contribution in [3.63, 3.8) is 0 Å². The molecular weight excluding hydrogens is 404 g/mol. The Labute approximate surface area is 186 Å². The number of morpholine rings is 1. The van der Waals surface area contributed by atoms with Gasteiger partial charge in [-0.05, 0) is 29.8 Å². The Morgan fingerprint density at radius 2 is 1.66 bits per heavy atom. The topological polar surface area (TPSA) is 61.6 Å². The van der Waals surface area contributed by atoms with Gasteiger partial charge < -0.3 is 14.2 Å². The molecule has 7 nitrogen and oxygen atoms in total. The molecular formula is C25H24N4O3. The molecule has 4 heterocycles. The molecule has 2 aliphatic rings. The van der Waals surface area contributed by atoms with E-state index in [1.807, 2.05) is 30.3 Å². The zero-order valence-corrected chi connectivity index (χ0v) is 17.7. The van der Waals surface area contributed by atoms with E-state index in [2.05, 4.69) is 38.7 Å². The van der Waals surface area contributed by atoms with Crippen LogP contribution in [-0.2, 0) is 11.3 Å². The Hall–Kier alpha value is -3.42. The van der Waals surface area contributed by atoms with E-state index in [0.717, 1.165) is 72.6 Å². The van der Waals surface area contributed by atoms with Crippen molar-refractivity contribution in [1.82, 2.24) is 19.4 Å². The number of aromatic nitrogens is 3. The third-order valence-corrected chi connectivity index (χ3v) is 5.92. The fourth-order valence-electron chi connectivity index (χ4n) is 4.30. The third-order valence-electron chi connectivity index (χ3n) is 5.92. The highest BCUT2D eigenvalue weighted by atomic mass is 16.6. The molecule has 0 saturated carbocycles. The van der Waals surface area contributed by atoms with Crippen LogP contribution in [0.15, 0.2) is 60.8 Å². The van der Waals surface area contributed by atoms with Crippen LogP contribution >= 0.6 is 0 Å². The van der Waals surface area contributed by atoms with Crippen LogP contribution in [0.4, 0.5) is 0 Å². The van der Waals surface area contributed by atoms with E-state index in [-0.39, 0.29) is 0 Å². The van der Waals surface area contributed by atoms with Gasteiger partial charge in [-0.3, -0.25) is 9.47 Å². The number of rotatable bonds is 4. The SMILES string of the molecule is c1cnc2c(c1)nc(-c1ccc(CN3CCOCC3)cc1)n2-c1ccc2c(c1)OCCO2. The highest BCUT2D eigenvalue weighted by Crippen LogP contribution is 2.35. The molecule has 6 rings (SSSR count). The van der Waals surface area contributed by atoms with Crippen LogP contribution in [-0.4, -0.2) is 59.0 Å². The summed E-state index contributed by atoms with van der Waals surface area (Å²) in [4.78, 5) is 12.0. The number of hydrogen-bond donors (Lipinski definition) is 0. The van der Waals surface area contributed by atoms with E-state index in [1.54, 1.807) is 6.20 Å². The Morgan fingerprint density at radius 3 is 2.50 bits per heavy atom. The van der Waals surface area contributed by atoms with Gasteiger partial charge in [0, 0.05) is 37.5 Å². The smallest absolute Gasteiger partial charge is 0.164 e. The Morgan fingerprint density at radius 1 is 0.844 bits per heavy atom. The van der Waals surface area contributed by atoms with Gasteiger partial charge in [-0.1, -0.05) is 24.3 Å². The number of benzene rings is 2. The number of imidazole rings is 1. The first kappa shape index (κ1) is 19.3. The second-order valence-corrected chi connectivity index (χ2v) is 8.03. The molecule has 0 atom stereocenters. The second-order valence-electron chi connectivity index (χ2n) is 8.03. The van der Waals surface area contributed by atoms with E-state index in [1.165, 1.54) is 5.56 Å². The molecule has 0 aliphatic carbocycles. The molecule has 0 radical (unpaired) electrons. The molecule has 1 fully saturated rings. The van der Waals surface area contributed by atoms with Gasteiger partial charge in [-0.15, -0.1) is 0 Å². The summed E-state index contributed by atoms with van der Waals surface area (Å²) in [7, 11) is 0. The number of pyridine rings is 1. The van der Waals surface area contributed by atoms with E-state index in [0.29, 0.717) is 13.2 Å². The molecule has 0 bridgehead atoms. The summed E-state index contributed by atoms with van der Waals surface area (Å²) in [6.45, 7) is 5.64. The lowest BCUT2D eigenvalue weighted by molar-refractivity contribution is 0.0342. The predicted molar refractivity (Wildman–Crippen MR) is 121 cm³/mol. The minimum atomic E-state index is 0.552. The molecule has 2 aromatic carbocycles. The summed E-state index contributed by atoms with van der Waals surface area (Å²) in [5.74, 6) is 2.37. The third kappa shape index (κ3) is 3.59. The van der Waals surface area contributed by atoms with Gasteiger partial charge in [0.05, 0.1) is 18.9 Å². The van der Waals surface area contributed by atoms with Gasteiger partial charge in [0.15, 0.2) is 17.1 Å². The first-order valence-corrected chi connectivity index (χ1v) is 11.0. The predicted octanol–water partition coefficient (Wildman–Crippen LogP) is 3.69. The van der Waals surface area contributed by atoms with Crippen molar-refractivity contribution in [2.24, 2.45) is 0 Å². The van der Waals surface area contributed by atoms with E-state index in [9.17, 15) is 0 Å². The molecule has 1 saturated heterocycles. The number of nitrogens with zero attached hydrogens (tertiary/aromatic N) is 4. The van der Waals surface area contributed by atoms with Crippen LogP contribution in [0, 0.1) is 0 Å². The lowest BCUT2D eigenvalue weighted by atomic mass is 10.1. The van der Waals surface area contributed by atoms with Crippen LogP contribution < -0.4 is 9.47 Å². The fourth-order valence-corrected chi connectivity index (χ4v) is 4.30. The summed E-state index contributed by atoms with van der Waals surface area (Å²) in [5, 5.41) is 0. The zero-order chi connectivity index (χ0) is 21.3. The first-order valence-electron chi connectivity index (χ1n) is 11.0. The van der Waals surface area contributed by atoms with Gasteiger partial charge in [-0.25, -0.2) is 9.97 Å². The first-order chi connectivity index (χ1) is 15.8. The van der Waals surface area contributed by atoms with Crippen molar-refractivity contribution >= 4 is 11.2 Å². The largest absolute Gasteiger partial charge is 0.486 e. The minimum absolute atomic E-state index is 0.552. The standard InChI is InChI=1S/C25H24N4O3/c1-2-21-25(26-9-1)29(20-7-8-22-23(16-20)32-15-14-31-22)24(27-21)19-5-3-18(4-6-19)17-28-10-12-30-13-11-28/h1-9,16H,10-15,17H2. The minimum Gasteiger partial charge on any atom is -0.486 e. The summed E-state index contributed by atoms with van der Waals surface area (Å²) < 4.78 is 19.1. The summed E-state index contributed by atoms with van der Waals surface area (Å²) in [5.41, 5.74) is 4.95. The van der Waals surface area contributed by atoms with Gasteiger partial charge in [-0.2, -0.15) is 0 Å². The van der Waals surface area contributed by atoms with Crippen molar-refractivity contribution in [3.8, 4) is 28.6 Å². The lowest BCUT2D eigenvalue weighted by Gasteiger charge is -2.26. The van der Waals surface area contributed by atoms with E-state index in [4.69, 9.17) is 19.2 Å². The molecule has 0 amide bonds. The maximum Gasteiger partial charge on any atom is 0.164 e. The van der Waals surface area contributed by atoms with Crippen LogP contribution in [0.2, 0.25) is 0 Å². The van der Waals surface area contributed by atoms with Crippen molar-refractivity contribution in [2.75, 3.05) is 39.5 Å². The van der Waals surface area contributed by atoms with Gasteiger partial charge >= 0.3 is 0 Å². The van der Waals surface area contributed by atoms with E-state index >= 15 is 0 Å². The molecule has 7 heteroatoms. The molecule has 32 heavy (non-hydrogen) atoms. The van der Waals surface area contributed by atoms with Crippen molar-refractivity contribution in [3.05, 3.63) is 66.4 Å². The molecule has 162 valence electrons. The number of hydrogen-bond acceptors (Lipinski definition) is 6. The average Bonchev–Trinajstić information content (AvgIpc) is 3.24. The Kier molecular flexibility index (Phi) is 4.97. The van der Waals surface area contributed by atoms with Crippen molar-refractivity contribution in [1.29, 1.82) is 0 Å². The quantitative estimate of drug-likeness (QED) is 0.494. The molecule has 0 spiro atoms. The van der Waals surface area contributed by atoms with Gasteiger partial charge in [0.25, 0.3) is 0 Å². The van der Waals surface area contributed by atoms with E-state index < -0.39 is 0 Å². The van der Waals surface area contributed by atoms with Gasteiger partial charge in [0.1, 0.15) is 24.6 Å². The molecule has 4 aromatic rings. The maximum atomic E-state index is 5.82. The summed E-state index contributed by atoms with van der Waals surface area (Å²) >= 11 is 0. The summed E-state index contributed by atoms with van der Waals surface area (Å²) in [6.07, 6.45) is 1.80. The van der Waals surface area contributed by atoms with Crippen LogP contribution in [0.5, 0.6) is 11.5 Å². The lowest BCUT2D eigenvalue weighted by Crippen LogP contribution is -2.35. The number of ether oxygens (including phenoxy) is 3. The zero-order valence-electron chi connectivity index (χ0n) is 17.7. The molecule has 0 unspecified atom stereocenters. The fraction of sp³-hybridized carbons (Fsp3) is 0.280. The monoisotopic (exact) mass is 428 g/mol.